The molecule has 0 saturated carbocycles. The fourth-order valence-corrected chi connectivity index (χ4v) is 5.66. The minimum absolute atomic E-state index is 0.132. The highest BCUT2D eigenvalue weighted by Gasteiger charge is 2.24. The zero-order valence-electron chi connectivity index (χ0n) is 23.0. The molecule has 0 radical (unpaired) electrons. The number of fused-ring (bicyclic) bond motifs is 1. The molecule has 3 aromatic rings. The lowest BCUT2D eigenvalue weighted by Gasteiger charge is -2.30. The van der Waals surface area contributed by atoms with E-state index >= 15 is 0 Å². The van der Waals surface area contributed by atoms with Crippen LogP contribution in [0.5, 0.6) is 0 Å². The smallest absolute Gasteiger partial charge is 0.0273 e. The fraction of sp³-hybridized carbons (Fsp3) is 0.441. The van der Waals surface area contributed by atoms with Crippen LogP contribution in [0, 0.1) is 5.92 Å². The van der Waals surface area contributed by atoms with Crippen LogP contribution in [0.1, 0.15) is 87.6 Å². The molecule has 2 atom stereocenters. The van der Waals surface area contributed by atoms with Crippen molar-refractivity contribution in [3.8, 4) is 11.1 Å². The van der Waals surface area contributed by atoms with Gasteiger partial charge in [-0.2, -0.15) is 0 Å². The van der Waals surface area contributed by atoms with Crippen LogP contribution in [-0.4, -0.2) is 10.5 Å². The molecule has 0 fully saturated rings. The van der Waals surface area contributed by atoms with Crippen LogP contribution in [-0.2, 0) is 25.8 Å². The van der Waals surface area contributed by atoms with Crippen molar-refractivity contribution < 1.29 is 0 Å². The molecule has 1 aliphatic rings. The van der Waals surface area contributed by atoms with Gasteiger partial charge in [-0.05, 0) is 122 Å². The Morgan fingerprint density at radius 2 is 1.83 bits per heavy atom. The topological polar surface area (TPSA) is 24.9 Å². The van der Waals surface area contributed by atoms with Crippen LogP contribution in [0.4, 0.5) is 0 Å². The molecule has 1 aromatic heterocycles. The van der Waals surface area contributed by atoms with Crippen LogP contribution in [0.25, 0.3) is 11.1 Å². The zero-order valence-corrected chi connectivity index (χ0v) is 23.0. The highest BCUT2D eigenvalue weighted by atomic mass is 14.9. The lowest BCUT2D eigenvalue weighted by Crippen LogP contribution is -2.38. The normalized spacial score (nSPS) is 16.4. The molecule has 0 bridgehead atoms. The molecule has 1 aliphatic carbocycles. The molecule has 2 heteroatoms. The third-order valence-electron chi connectivity index (χ3n) is 8.11. The first-order chi connectivity index (χ1) is 17.3. The van der Waals surface area contributed by atoms with Gasteiger partial charge in [-0.15, -0.1) is 0 Å². The average molecular weight is 481 g/mol. The highest BCUT2D eigenvalue weighted by Crippen LogP contribution is 2.37. The summed E-state index contributed by atoms with van der Waals surface area (Å²) in [5.74, 6) is 1.08. The van der Waals surface area contributed by atoms with E-state index in [1.165, 1.54) is 58.2 Å². The Kier molecular flexibility index (Phi) is 8.46. The van der Waals surface area contributed by atoms with Crippen LogP contribution in [0.3, 0.4) is 0 Å². The number of nitrogens with zero attached hydrogens (tertiary/aromatic N) is 1. The van der Waals surface area contributed by atoms with E-state index in [9.17, 15) is 0 Å². The number of rotatable bonds is 10. The van der Waals surface area contributed by atoms with Gasteiger partial charge in [0.05, 0.1) is 0 Å². The first kappa shape index (κ1) is 26.4. The minimum atomic E-state index is 0.132. The Bertz CT molecular complexity index is 1180. The second kappa shape index (κ2) is 11.6. The lowest BCUT2D eigenvalue weighted by atomic mass is 9.77. The molecule has 0 aliphatic heterocycles. The summed E-state index contributed by atoms with van der Waals surface area (Å²) in [6.07, 6.45) is 10.7. The maximum absolute atomic E-state index is 4.21. The second-order valence-corrected chi connectivity index (χ2v) is 11.6. The summed E-state index contributed by atoms with van der Waals surface area (Å²) in [5.41, 5.74) is 11.4. The summed E-state index contributed by atoms with van der Waals surface area (Å²) < 4.78 is 0. The van der Waals surface area contributed by atoms with Crippen molar-refractivity contribution >= 4 is 0 Å². The molecule has 2 unspecified atom stereocenters. The fourth-order valence-electron chi connectivity index (χ4n) is 5.66. The predicted octanol–water partition coefficient (Wildman–Crippen LogP) is 8.44. The van der Waals surface area contributed by atoms with Crippen molar-refractivity contribution in [3.63, 3.8) is 0 Å². The van der Waals surface area contributed by atoms with E-state index < -0.39 is 0 Å². The van der Waals surface area contributed by atoms with Crippen molar-refractivity contribution in [1.82, 2.24) is 10.3 Å². The van der Waals surface area contributed by atoms with Gasteiger partial charge in [0.15, 0.2) is 0 Å². The number of benzene rings is 2. The van der Waals surface area contributed by atoms with Crippen LogP contribution in [0.15, 0.2) is 73.1 Å². The summed E-state index contributed by atoms with van der Waals surface area (Å²) in [5, 5.41) is 3.87. The Morgan fingerprint density at radius 1 is 1.06 bits per heavy atom. The number of allylic oxidation sites excluding steroid dienone is 1. The maximum atomic E-state index is 4.21. The number of aryl methyl sites for hydroxylation is 1. The predicted molar refractivity (Wildman–Crippen MR) is 154 cm³/mol. The second-order valence-electron chi connectivity index (χ2n) is 11.6. The number of hydrogen-bond acceptors (Lipinski definition) is 2. The molecule has 1 heterocycles. The SMILES string of the molecule is C=C(C)C(C)Cc1ccc2c(c1)CC(c1ccc(-c3ccncc3)cc1CNC(C)(C)CCC)CC2. The van der Waals surface area contributed by atoms with Gasteiger partial charge in [-0.3, -0.25) is 4.98 Å². The molecule has 0 amide bonds. The Balaban J connectivity index is 1.62. The van der Waals surface area contributed by atoms with Crippen molar-refractivity contribution in [2.45, 2.75) is 91.1 Å². The van der Waals surface area contributed by atoms with Crippen LogP contribution in [0.2, 0.25) is 0 Å². The first-order valence-electron chi connectivity index (χ1n) is 13.8. The number of nitrogens with one attached hydrogen (secondary N) is 1. The molecule has 36 heavy (non-hydrogen) atoms. The summed E-state index contributed by atoms with van der Waals surface area (Å²) in [6, 6.07) is 18.6. The van der Waals surface area contributed by atoms with Gasteiger partial charge < -0.3 is 5.32 Å². The summed E-state index contributed by atoms with van der Waals surface area (Å²) >= 11 is 0. The molecule has 0 spiro atoms. The van der Waals surface area contributed by atoms with Crippen molar-refractivity contribution in [3.05, 3.63) is 101 Å². The molecule has 2 nitrogen and oxygen atoms in total. The standard InChI is InChI=1S/C34H44N2/c1-7-16-34(5,6)36-23-32-21-29(28-14-17-35-18-15-28)12-13-33(32)30-11-10-27-9-8-26(20-31(27)22-30)19-25(4)24(2)3/h8-9,12-15,17-18,20-21,25,30,36H,2,7,10-11,16,19,22-23H2,1,3-6H3. The Hall–Kier alpha value is -2.71. The zero-order chi connectivity index (χ0) is 25.7. The molecule has 0 saturated heterocycles. The summed E-state index contributed by atoms with van der Waals surface area (Å²) in [4.78, 5) is 4.21. The minimum Gasteiger partial charge on any atom is -0.308 e. The van der Waals surface area contributed by atoms with Gasteiger partial charge in [0.2, 0.25) is 0 Å². The monoisotopic (exact) mass is 480 g/mol. The van der Waals surface area contributed by atoms with E-state index in [0.717, 1.165) is 25.8 Å². The van der Waals surface area contributed by atoms with Gasteiger partial charge in [0.1, 0.15) is 0 Å². The van der Waals surface area contributed by atoms with Crippen molar-refractivity contribution in [2.75, 3.05) is 0 Å². The summed E-state index contributed by atoms with van der Waals surface area (Å²) in [7, 11) is 0. The third kappa shape index (κ3) is 6.53. The molecule has 1 N–H and O–H groups in total. The maximum Gasteiger partial charge on any atom is 0.0273 e. The van der Waals surface area contributed by atoms with Gasteiger partial charge in [0.25, 0.3) is 0 Å². The molecular weight excluding hydrogens is 436 g/mol. The molecular formula is C34H44N2. The van der Waals surface area contributed by atoms with E-state index in [-0.39, 0.29) is 5.54 Å². The van der Waals surface area contributed by atoms with Gasteiger partial charge >= 0.3 is 0 Å². The Morgan fingerprint density at radius 3 is 2.56 bits per heavy atom. The highest BCUT2D eigenvalue weighted by molar-refractivity contribution is 5.64. The lowest BCUT2D eigenvalue weighted by molar-refractivity contribution is 0.355. The Labute approximate surface area is 219 Å². The number of hydrogen-bond donors (Lipinski definition) is 1. The first-order valence-corrected chi connectivity index (χ1v) is 13.8. The molecule has 190 valence electrons. The van der Waals surface area contributed by atoms with Gasteiger partial charge in [-0.1, -0.05) is 62.8 Å². The molecule has 4 rings (SSSR count). The van der Waals surface area contributed by atoms with E-state index in [1.807, 2.05) is 12.4 Å². The van der Waals surface area contributed by atoms with E-state index in [1.54, 1.807) is 5.56 Å². The van der Waals surface area contributed by atoms with Gasteiger partial charge in [-0.25, -0.2) is 0 Å². The molecule has 2 aromatic carbocycles. The largest absolute Gasteiger partial charge is 0.308 e. The van der Waals surface area contributed by atoms with E-state index in [0.29, 0.717) is 11.8 Å². The average Bonchev–Trinajstić information content (AvgIpc) is 2.87. The van der Waals surface area contributed by atoms with Gasteiger partial charge in [0, 0.05) is 24.5 Å². The summed E-state index contributed by atoms with van der Waals surface area (Å²) in [6.45, 7) is 16.4. The third-order valence-corrected chi connectivity index (χ3v) is 8.11. The number of aromatic nitrogens is 1. The van der Waals surface area contributed by atoms with Crippen LogP contribution < -0.4 is 5.32 Å². The number of pyridine rings is 1. The van der Waals surface area contributed by atoms with E-state index in [2.05, 4.69) is 100 Å². The quantitative estimate of drug-likeness (QED) is 0.294. The van der Waals surface area contributed by atoms with Crippen LogP contribution >= 0.6 is 0 Å². The van der Waals surface area contributed by atoms with Crippen molar-refractivity contribution in [1.29, 1.82) is 0 Å². The van der Waals surface area contributed by atoms with E-state index in [4.69, 9.17) is 0 Å². The van der Waals surface area contributed by atoms with Crippen molar-refractivity contribution in [2.24, 2.45) is 5.92 Å².